The first-order valence-electron chi connectivity index (χ1n) is 7.30. The number of hydrogen-bond acceptors (Lipinski definition) is 4. The second-order valence-corrected chi connectivity index (χ2v) is 5.45. The van der Waals surface area contributed by atoms with Gasteiger partial charge in [0.05, 0.1) is 0 Å². The molecule has 1 aromatic rings. The molecule has 2 heterocycles. The monoisotopic (exact) mass is 276 g/mol. The van der Waals surface area contributed by atoms with E-state index in [1.807, 2.05) is 19.2 Å². The number of pyridine rings is 1. The van der Waals surface area contributed by atoms with Crippen LogP contribution in [0.3, 0.4) is 0 Å². The molecule has 1 fully saturated rings. The molecule has 0 saturated carbocycles. The predicted molar refractivity (Wildman–Crippen MR) is 81.1 cm³/mol. The van der Waals surface area contributed by atoms with E-state index in [0.717, 1.165) is 43.9 Å². The lowest BCUT2D eigenvalue weighted by molar-refractivity contribution is 0.0938. The summed E-state index contributed by atoms with van der Waals surface area (Å²) in [4.78, 5) is 19.1. The highest BCUT2D eigenvalue weighted by molar-refractivity contribution is 5.95. The van der Waals surface area contributed by atoms with Crippen LogP contribution in [-0.4, -0.2) is 49.0 Å². The fourth-order valence-corrected chi connectivity index (χ4v) is 2.55. The average Bonchev–Trinajstić information content (AvgIpc) is 2.84. The van der Waals surface area contributed by atoms with Crippen LogP contribution in [-0.2, 0) is 6.42 Å². The van der Waals surface area contributed by atoms with Crippen LogP contribution in [0.25, 0.3) is 0 Å². The summed E-state index contributed by atoms with van der Waals surface area (Å²) in [6.07, 6.45) is 2.94. The minimum atomic E-state index is 0.00144. The van der Waals surface area contributed by atoms with E-state index in [9.17, 15) is 4.79 Å². The maximum absolute atomic E-state index is 12.3. The van der Waals surface area contributed by atoms with E-state index in [0.29, 0.717) is 5.56 Å². The number of carbonyl (C=O) groups excluding carboxylic acids is 1. The molecule has 1 atom stereocenters. The van der Waals surface area contributed by atoms with Gasteiger partial charge in [-0.25, -0.2) is 4.98 Å². The number of hydrogen-bond donors (Lipinski definition) is 2. The summed E-state index contributed by atoms with van der Waals surface area (Å²) < 4.78 is 0. The van der Waals surface area contributed by atoms with E-state index in [2.05, 4.69) is 34.5 Å². The van der Waals surface area contributed by atoms with Crippen molar-refractivity contribution >= 4 is 11.7 Å². The summed E-state index contributed by atoms with van der Waals surface area (Å²) in [5.74, 6) is 0.756. The Morgan fingerprint density at radius 2 is 2.30 bits per heavy atom. The van der Waals surface area contributed by atoms with Crippen LogP contribution in [0.4, 0.5) is 5.82 Å². The Bertz CT molecular complexity index is 475. The van der Waals surface area contributed by atoms with Crippen molar-refractivity contribution in [2.24, 2.45) is 0 Å². The first-order valence-corrected chi connectivity index (χ1v) is 7.30. The van der Waals surface area contributed by atoms with Gasteiger partial charge < -0.3 is 15.5 Å². The Labute approximate surface area is 120 Å². The van der Waals surface area contributed by atoms with Crippen LogP contribution in [0.1, 0.15) is 35.8 Å². The summed E-state index contributed by atoms with van der Waals surface area (Å²) in [7, 11) is 3.91. The van der Waals surface area contributed by atoms with Crippen LogP contribution in [0.15, 0.2) is 12.1 Å². The zero-order chi connectivity index (χ0) is 14.5. The number of nitrogens with one attached hydrogen (secondary N) is 2. The van der Waals surface area contributed by atoms with E-state index < -0.39 is 0 Å². The third-order valence-corrected chi connectivity index (χ3v) is 3.63. The molecule has 0 aliphatic carbocycles. The minimum absolute atomic E-state index is 0.00144. The second kappa shape index (κ2) is 6.70. The highest BCUT2D eigenvalue weighted by atomic mass is 16.1. The molecule has 0 spiro atoms. The quantitative estimate of drug-likeness (QED) is 0.856. The van der Waals surface area contributed by atoms with Gasteiger partial charge in [-0.2, -0.15) is 0 Å². The van der Waals surface area contributed by atoms with Gasteiger partial charge in [0.15, 0.2) is 0 Å². The molecule has 1 aliphatic heterocycles. The number of aryl methyl sites for hydroxylation is 1. The van der Waals surface area contributed by atoms with Crippen molar-refractivity contribution in [2.45, 2.75) is 32.2 Å². The largest absolute Gasteiger partial charge is 0.373 e. The summed E-state index contributed by atoms with van der Waals surface area (Å²) in [5.41, 5.74) is 1.66. The number of anilines is 1. The summed E-state index contributed by atoms with van der Waals surface area (Å²) in [5, 5.41) is 6.13. The summed E-state index contributed by atoms with van der Waals surface area (Å²) >= 11 is 0. The van der Waals surface area contributed by atoms with Gasteiger partial charge in [0.1, 0.15) is 5.82 Å². The van der Waals surface area contributed by atoms with E-state index in [4.69, 9.17) is 0 Å². The molecule has 0 bridgehead atoms. The number of aromatic nitrogens is 1. The molecule has 5 nitrogen and oxygen atoms in total. The van der Waals surface area contributed by atoms with Crippen LogP contribution in [0.2, 0.25) is 0 Å². The molecule has 1 aliphatic rings. The second-order valence-electron chi connectivity index (χ2n) is 5.45. The van der Waals surface area contributed by atoms with E-state index in [-0.39, 0.29) is 11.9 Å². The van der Waals surface area contributed by atoms with Gasteiger partial charge >= 0.3 is 0 Å². The van der Waals surface area contributed by atoms with Crippen LogP contribution >= 0.6 is 0 Å². The highest BCUT2D eigenvalue weighted by Gasteiger charge is 2.21. The standard InChI is InChI=1S/C15H24N4O/c1-4-5-12-8-11(9-14(16-2)17-12)15(20)18-13-6-7-19(3)10-13/h8-9,13H,4-7,10H2,1-3H3,(H,16,17)(H,18,20). The van der Waals surface area contributed by atoms with E-state index in [1.54, 1.807) is 0 Å². The first-order chi connectivity index (χ1) is 9.62. The Morgan fingerprint density at radius 1 is 1.50 bits per heavy atom. The van der Waals surface area contributed by atoms with Gasteiger partial charge in [0.2, 0.25) is 0 Å². The lowest BCUT2D eigenvalue weighted by atomic mass is 10.1. The van der Waals surface area contributed by atoms with Gasteiger partial charge in [0, 0.05) is 30.9 Å². The normalized spacial score (nSPS) is 19.1. The topological polar surface area (TPSA) is 57.3 Å². The van der Waals surface area contributed by atoms with Crippen molar-refractivity contribution in [3.8, 4) is 0 Å². The van der Waals surface area contributed by atoms with Crippen LogP contribution in [0.5, 0.6) is 0 Å². The number of amides is 1. The minimum Gasteiger partial charge on any atom is -0.373 e. The average molecular weight is 276 g/mol. The molecule has 1 saturated heterocycles. The zero-order valence-electron chi connectivity index (χ0n) is 12.6. The predicted octanol–water partition coefficient (Wildman–Crippen LogP) is 1.51. The van der Waals surface area contributed by atoms with Gasteiger partial charge in [-0.1, -0.05) is 13.3 Å². The Morgan fingerprint density at radius 3 is 2.90 bits per heavy atom. The molecule has 0 aromatic carbocycles. The van der Waals surface area contributed by atoms with Crippen molar-refractivity contribution in [1.29, 1.82) is 0 Å². The fraction of sp³-hybridized carbons (Fsp3) is 0.600. The van der Waals surface area contributed by atoms with E-state index >= 15 is 0 Å². The molecule has 2 rings (SSSR count). The molecule has 5 heteroatoms. The van der Waals surface area contributed by atoms with Crippen LogP contribution in [0, 0.1) is 0 Å². The summed E-state index contributed by atoms with van der Waals surface area (Å²) in [6, 6.07) is 3.97. The van der Waals surface area contributed by atoms with Crippen molar-refractivity contribution in [3.63, 3.8) is 0 Å². The molecular weight excluding hydrogens is 252 g/mol. The lowest BCUT2D eigenvalue weighted by Gasteiger charge is -2.14. The molecule has 0 radical (unpaired) electrons. The Balaban J connectivity index is 2.09. The van der Waals surface area contributed by atoms with Gasteiger partial charge in [-0.05, 0) is 38.6 Å². The fourth-order valence-electron chi connectivity index (χ4n) is 2.55. The zero-order valence-corrected chi connectivity index (χ0v) is 12.6. The Kier molecular flexibility index (Phi) is 4.95. The molecule has 1 unspecified atom stereocenters. The van der Waals surface area contributed by atoms with Crippen molar-refractivity contribution < 1.29 is 4.79 Å². The van der Waals surface area contributed by atoms with Gasteiger partial charge in [0.25, 0.3) is 5.91 Å². The lowest BCUT2D eigenvalue weighted by Crippen LogP contribution is -2.36. The number of carbonyl (C=O) groups is 1. The third kappa shape index (κ3) is 3.70. The smallest absolute Gasteiger partial charge is 0.251 e. The molecule has 110 valence electrons. The van der Waals surface area contributed by atoms with E-state index in [1.165, 1.54) is 0 Å². The molecular formula is C15H24N4O. The van der Waals surface area contributed by atoms with Crippen LogP contribution < -0.4 is 10.6 Å². The number of nitrogens with zero attached hydrogens (tertiary/aromatic N) is 2. The van der Waals surface area contributed by atoms with Crippen molar-refractivity contribution in [2.75, 3.05) is 32.5 Å². The number of likely N-dealkylation sites (tertiary alicyclic amines) is 1. The van der Waals surface area contributed by atoms with Crippen molar-refractivity contribution in [3.05, 3.63) is 23.4 Å². The van der Waals surface area contributed by atoms with Gasteiger partial charge in [-0.15, -0.1) is 0 Å². The first kappa shape index (κ1) is 14.8. The number of rotatable bonds is 5. The molecule has 2 N–H and O–H groups in total. The maximum Gasteiger partial charge on any atom is 0.251 e. The molecule has 20 heavy (non-hydrogen) atoms. The molecule has 1 aromatic heterocycles. The summed E-state index contributed by atoms with van der Waals surface area (Å²) in [6.45, 7) is 4.09. The van der Waals surface area contributed by atoms with Crippen molar-refractivity contribution in [1.82, 2.24) is 15.2 Å². The highest BCUT2D eigenvalue weighted by Crippen LogP contribution is 2.13. The SMILES string of the molecule is CCCc1cc(C(=O)NC2CCN(C)C2)cc(NC)n1. The molecule has 1 amide bonds. The number of likely N-dealkylation sites (N-methyl/N-ethyl adjacent to an activating group) is 1. The maximum atomic E-state index is 12.3. The Hall–Kier alpha value is -1.62. The van der Waals surface area contributed by atoms with Gasteiger partial charge in [-0.3, -0.25) is 4.79 Å². The third-order valence-electron chi connectivity index (χ3n) is 3.63.